The summed E-state index contributed by atoms with van der Waals surface area (Å²) in [7, 11) is -5.14. The van der Waals surface area contributed by atoms with Crippen LogP contribution < -0.4 is 10.2 Å². The quantitative estimate of drug-likeness (QED) is 0.801. The van der Waals surface area contributed by atoms with E-state index in [2.05, 4.69) is 4.72 Å². The van der Waals surface area contributed by atoms with Crippen LogP contribution in [0, 0.1) is 0 Å². The van der Waals surface area contributed by atoms with Crippen LogP contribution in [0.2, 0.25) is 0 Å². The number of sulfonamides is 1. The zero-order chi connectivity index (χ0) is 19.5. The van der Waals surface area contributed by atoms with E-state index >= 15 is 0 Å². The molecule has 0 aromatic heterocycles. The van der Waals surface area contributed by atoms with E-state index in [1.54, 1.807) is 27.7 Å². The third-order valence-electron chi connectivity index (χ3n) is 4.99. The fraction of sp³-hybridized carbons (Fsp3) is 0.625. The summed E-state index contributed by atoms with van der Waals surface area (Å²) in [6, 6.07) is 2.48. The molecule has 1 aliphatic heterocycles. The number of hydrogen-bond donors (Lipinski definition) is 1. The summed E-state index contributed by atoms with van der Waals surface area (Å²) >= 11 is 0. The van der Waals surface area contributed by atoms with Crippen LogP contribution in [-0.2, 0) is 25.5 Å². The highest BCUT2D eigenvalue weighted by atomic mass is 32.2. The van der Waals surface area contributed by atoms with Crippen LogP contribution in [-0.4, -0.2) is 32.8 Å². The Morgan fingerprint density at radius 1 is 1.08 bits per heavy atom. The van der Waals surface area contributed by atoms with Crippen molar-refractivity contribution < 1.29 is 30.9 Å². The second-order valence-corrected chi connectivity index (χ2v) is 9.49. The van der Waals surface area contributed by atoms with E-state index in [1.165, 1.54) is 6.07 Å². The van der Waals surface area contributed by atoms with Gasteiger partial charge in [0.25, 0.3) is 0 Å². The van der Waals surface area contributed by atoms with Crippen LogP contribution in [0.15, 0.2) is 23.1 Å². The van der Waals surface area contributed by atoms with Gasteiger partial charge in [0.15, 0.2) is 0 Å². The molecule has 1 aliphatic carbocycles. The lowest BCUT2D eigenvalue weighted by atomic mass is 9.78. The van der Waals surface area contributed by atoms with Crippen molar-refractivity contribution in [3.05, 3.63) is 23.8 Å². The molecule has 0 amide bonds. The molecule has 1 aromatic rings. The van der Waals surface area contributed by atoms with Crippen LogP contribution in [0.5, 0.6) is 0 Å². The molecule has 26 heavy (non-hydrogen) atoms. The average molecular weight is 391 g/mol. The molecule has 0 radical (unpaired) electrons. The van der Waals surface area contributed by atoms with E-state index < -0.39 is 45.0 Å². The smallest absolute Gasteiger partial charge is 0.399 e. The van der Waals surface area contributed by atoms with Crippen molar-refractivity contribution in [2.75, 3.05) is 0 Å². The van der Waals surface area contributed by atoms with Gasteiger partial charge in [-0.25, -0.2) is 13.1 Å². The predicted molar refractivity (Wildman–Crippen MR) is 90.5 cm³/mol. The van der Waals surface area contributed by atoms with Crippen LogP contribution in [0.4, 0.5) is 13.2 Å². The third kappa shape index (κ3) is 3.78. The van der Waals surface area contributed by atoms with Gasteiger partial charge in [-0.3, -0.25) is 0 Å². The number of benzene rings is 1. The molecule has 1 saturated carbocycles. The van der Waals surface area contributed by atoms with Crippen molar-refractivity contribution in [3.8, 4) is 0 Å². The number of alkyl halides is 3. The average Bonchev–Trinajstić information content (AvgIpc) is 3.23. The molecule has 3 rings (SSSR count). The molecule has 144 valence electrons. The standard InChI is InChI=1S/C16H21BF3NO4S/c1-14(2)15(3,4)25-17(24-14)11-7-10(16(18,19)20)8-13(9-11)26(22,23)21-12-5-6-12/h7-9,12,21H,5-6H2,1-4H3. The van der Waals surface area contributed by atoms with Crippen molar-refractivity contribution >= 4 is 22.6 Å². The van der Waals surface area contributed by atoms with E-state index in [4.69, 9.17) is 9.31 Å². The van der Waals surface area contributed by atoms with Crippen LogP contribution >= 0.6 is 0 Å². The molecule has 0 spiro atoms. The van der Waals surface area contributed by atoms with Crippen LogP contribution in [0.1, 0.15) is 46.1 Å². The summed E-state index contributed by atoms with van der Waals surface area (Å²) in [6.07, 6.45) is -3.33. The van der Waals surface area contributed by atoms with Crippen molar-refractivity contribution in [2.45, 2.75) is 68.9 Å². The molecule has 2 aliphatic rings. The Morgan fingerprint density at radius 2 is 1.62 bits per heavy atom. The van der Waals surface area contributed by atoms with E-state index in [-0.39, 0.29) is 11.5 Å². The molecule has 10 heteroatoms. The Bertz CT molecular complexity index is 803. The van der Waals surface area contributed by atoms with Gasteiger partial charge in [0.2, 0.25) is 10.0 Å². The van der Waals surface area contributed by atoms with Gasteiger partial charge in [0.1, 0.15) is 0 Å². The molecule has 5 nitrogen and oxygen atoms in total. The van der Waals surface area contributed by atoms with Gasteiger partial charge in [0.05, 0.1) is 21.7 Å². The first-order valence-corrected chi connectivity index (χ1v) is 9.80. The molecule has 1 N–H and O–H groups in total. The maximum atomic E-state index is 13.3. The Morgan fingerprint density at radius 3 is 2.08 bits per heavy atom. The molecule has 1 aromatic carbocycles. The van der Waals surface area contributed by atoms with Crippen molar-refractivity contribution in [1.29, 1.82) is 0 Å². The molecular formula is C16H21BF3NO4S. The highest BCUT2D eigenvalue weighted by Gasteiger charge is 2.52. The van der Waals surface area contributed by atoms with Gasteiger partial charge in [-0.1, -0.05) is 6.07 Å². The van der Waals surface area contributed by atoms with Gasteiger partial charge < -0.3 is 9.31 Å². The van der Waals surface area contributed by atoms with Gasteiger partial charge in [-0.05, 0) is 58.1 Å². The van der Waals surface area contributed by atoms with Crippen molar-refractivity contribution in [1.82, 2.24) is 4.72 Å². The molecule has 1 heterocycles. The lowest BCUT2D eigenvalue weighted by Crippen LogP contribution is -2.41. The minimum absolute atomic E-state index is 0.0228. The lowest BCUT2D eigenvalue weighted by Gasteiger charge is -2.32. The largest absolute Gasteiger partial charge is 0.494 e. The predicted octanol–water partition coefficient (Wildman–Crippen LogP) is 2.45. The third-order valence-corrected chi connectivity index (χ3v) is 6.49. The SMILES string of the molecule is CC1(C)OB(c2cc(C(F)(F)F)cc(S(=O)(=O)NC3CC3)c2)OC1(C)C. The van der Waals surface area contributed by atoms with Crippen molar-refractivity contribution in [3.63, 3.8) is 0 Å². The van der Waals surface area contributed by atoms with Crippen LogP contribution in [0.25, 0.3) is 0 Å². The maximum absolute atomic E-state index is 13.3. The molecule has 0 bridgehead atoms. The minimum atomic E-state index is -4.69. The Labute approximate surface area is 151 Å². The van der Waals surface area contributed by atoms with E-state index in [0.29, 0.717) is 18.9 Å². The molecule has 1 saturated heterocycles. The Balaban J connectivity index is 2.04. The van der Waals surface area contributed by atoms with Gasteiger partial charge in [-0.15, -0.1) is 0 Å². The molecule has 0 atom stereocenters. The van der Waals surface area contributed by atoms with E-state index in [0.717, 1.165) is 6.07 Å². The number of halogens is 3. The highest BCUT2D eigenvalue weighted by molar-refractivity contribution is 7.89. The molecule has 0 unspecified atom stereocenters. The number of hydrogen-bond acceptors (Lipinski definition) is 4. The van der Waals surface area contributed by atoms with Crippen LogP contribution in [0.3, 0.4) is 0 Å². The topological polar surface area (TPSA) is 64.6 Å². The monoisotopic (exact) mass is 391 g/mol. The summed E-state index contributed by atoms with van der Waals surface area (Å²) in [5.74, 6) is 0. The molecule has 2 fully saturated rings. The zero-order valence-corrected chi connectivity index (χ0v) is 15.8. The fourth-order valence-corrected chi connectivity index (χ4v) is 3.93. The van der Waals surface area contributed by atoms with E-state index in [9.17, 15) is 21.6 Å². The second-order valence-electron chi connectivity index (χ2n) is 7.77. The summed E-state index contributed by atoms with van der Waals surface area (Å²) in [6.45, 7) is 7.08. The Hall–Kier alpha value is -1.10. The first-order valence-electron chi connectivity index (χ1n) is 8.31. The summed E-state index contributed by atoms with van der Waals surface area (Å²) in [5, 5.41) is 0. The normalized spacial score (nSPS) is 22.7. The highest BCUT2D eigenvalue weighted by Crippen LogP contribution is 2.37. The Kier molecular flexibility index (Phi) is 4.50. The van der Waals surface area contributed by atoms with Gasteiger partial charge >= 0.3 is 13.3 Å². The summed E-state index contributed by atoms with van der Waals surface area (Å²) in [4.78, 5) is -0.441. The zero-order valence-electron chi connectivity index (χ0n) is 15.0. The van der Waals surface area contributed by atoms with Crippen molar-refractivity contribution in [2.24, 2.45) is 0 Å². The second kappa shape index (κ2) is 5.95. The van der Waals surface area contributed by atoms with E-state index in [1.807, 2.05) is 0 Å². The fourth-order valence-electron chi connectivity index (χ4n) is 2.54. The number of nitrogens with one attached hydrogen (secondary N) is 1. The summed E-state index contributed by atoms with van der Waals surface area (Å²) < 4.78 is 78.7. The lowest BCUT2D eigenvalue weighted by molar-refractivity contribution is -0.137. The van der Waals surface area contributed by atoms with Gasteiger partial charge in [0, 0.05) is 6.04 Å². The summed E-state index contributed by atoms with van der Waals surface area (Å²) in [5.41, 5.74) is -2.54. The first kappa shape index (κ1) is 19.7. The molecular weight excluding hydrogens is 370 g/mol. The first-order chi connectivity index (χ1) is 11.7. The van der Waals surface area contributed by atoms with Gasteiger partial charge in [-0.2, -0.15) is 13.2 Å². The minimum Gasteiger partial charge on any atom is -0.399 e. The number of rotatable bonds is 4. The maximum Gasteiger partial charge on any atom is 0.494 e.